The van der Waals surface area contributed by atoms with Crippen molar-refractivity contribution in [3.8, 4) is 0 Å². The minimum absolute atomic E-state index is 0.0891. The van der Waals surface area contributed by atoms with Crippen molar-refractivity contribution in [1.29, 1.82) is 0 Å². The minimum atomic E-state index is -0.479. The largest absolute Gasteiger partial charge is 0.348 e. The van der Waals surface area contributed by atoms with Crippen LogP contribution in [0, 0.1) is 5.95 Å². The molecule has 0 radical (unpaired) electrons. The monoisotopic (exact) mass is 368 g/mol. The Bertz CT molecular complexity index is 816. The summed E-state index contributed by atoms with van der Waals surface area (Å²) in [5, 5.41) is 6.49. The Hall–Kier alpha value is -2.34. The summed E-state index contributed by atoms with van der Waals surface area (Å²) >= 11 is 0. The summed E-state index contributed by atoms with van der Waals surface area (Å²) in [5.74, 6) is -0.569. The van der Waals surface area contributed by atoms with Crippen LogP contribution in [0.15, 0.2) is 24.4 Å². The molecule has 1 aliphatic carbocycles. The van der Waals surface area contributed by atoms with Gasteiger partial charge >= 0.3 is 0 Å². The molecule has 6 heteroatoms. The predicted molar refractivity (Wildman–Crippen MR) is 101 cm³/mol. The Morgan fingerprint density at radius 1 is 1.26 bits per heavy atom. The summed E-state index contributed by atoms with van der Waals surface area (Å²) < 4.78 is 13.1. The standard InChI is InChI=1S/C21H25FN4O/c22-20-7-6-14(12-24-20)10-15-11-18(26-19-13-23-9-8-17(15)19)21(27)25-16-4-2-1-3-5-16/h6-7,11-12,16,23H,1-5,8-10,13H2,(H,25,27). The van der Waals surface area contributed by atoms with Crippen molar-refractivity contribution in [2.75, 3.05) is 6.54 Å². The summed E-state index contributed by atoms with van der Waals surface area (Å²) in [6, 6.07) is 5.29. The maximum atomic E-state index is 13.1. The van der Waals surface area contributed by atoms with Crippen molar-refractivity contribution in [2.24, 2.45) is 0 Å². The number of nitrogens with zero attached hydrogens (tertiary/aromatic N) is 2. The van der Waals surface area contributed by atoms with Gasteiger partial charge in [0.1, 0.15) is 5.69 Å². The number of halogens is 1. The van der Waals surface area contributed by atoms with Gasteiger partial charge in [-0.15, -0.1) is 0 Å². The highest BCUT2D eigenvalue weighted by Crippen LogP contribution is 2.22. The summed E-state index contributed by atoms with van der Waals surface area (Å²) in [5.41, 5.74) is 4.65. The lowest BCUT2D eigenvalue weighted by molar-refractivity contribution is 0.0922. The molecule has 4 rings (SSSR count). The van der Waals surface area contributed by atoms with E-state index < -0.39 is 5.95 Å². The van der Waals surface area contributed by atoms with Gasteiger partial charge in [-0.05, 0) is 61.1 Å². The normalized spacial score (nSPS) is 17.4. The van der Waals surface area contributed by atoms with Crippen molar-refractivity contribution in [3.05, 3.63) is 58.4 Å². The quantitative estimate of drug-likeness (QED) is 0.815. The van der Waals surface area contributed by atoms with Gasteiger partial charge < -0.3 is 10.6 Å². The number of hydrogen-bond acceptors (Lipinski definition) is 4. The molecular formula is C21H25FN4O. The lowest BCUT2D eigenvalue weighted by Crippen LogP contribution is -2.37. The molecule has 27 heavy (non-hydrogen) atoms. The molecule has 1 aliphatic heterocycles. The van der Waals surface area contributed by atoms with Gasteiger partial charge in [0, 0.05) is 18.8 Å². The second kappa shape index (κ2) is 8.13. The van der Waals surface area contributed by atoms with E-state index in [1.54, 1.807) is 12.3 Å². The molecule has 0 unspecified atom stereocenters. The third-order valence-electron chi connectivity index (χ3n) is 5.50. The smallest absolute Gasteiger partial charge is 0.270 e. The van der Waals surface area contributed by atoms with E-state index >= 15 is 0 Å². The molecule has 3 heterocycles. The molecule has 0 aromatic carbocycles. The average molecular weight is 368 g/mol. The average Bonchev–Trinajstić information content (AvgIpc) is 2.70. The number of aromatic nitrogens is 2. The third-order valence-corrected chi connectivity index (χ3v) is 5.50. The van der Waals surface area contributed by atoms with E-state index in [1.165, 1.54) is 30.9 Å². The van der Waals surface area contributed by atoms with Gasteiger partial charge in [-0.3, -0.25) is 4.79 Å². The van der Waals surface area contributed by atoms with Crippen LogP contribution in [0.5, 0.6) is 0 Å². The SMILES string of the molecule is O=C(NC1CCCCC1)c1cc(Cc2ccc(F)nc2)c2c(n1)CNCC2. The van der Waals surface area contributed by atoms with Crippen molar-refractivity contribution < 1.29 is 9.18 Å². The number of nitrogens with one attached hydrogen (secondary N) is 2. The van der Waals surface area contributed by atoms with Crippen molar-refractivity contribution in [2.45, 2.75) is 57.5 Å². The molecule has 0 atom stereocenters. The molecule has 2 aromatic rings. The summed E-state index contributed by atoms with van der Waals surface area (Å²) in [6.45, 7) is 1.57. The Balaban J connectivity index is 1.60. The maximum Gasteiger partial charge on any atom is 0.270 e. The van der Waals surface area contributed by atoms with Crippen LogP contribution in [0.4, 0.5) is 4.39 Å². The lowest BCUT2D eigenvalue weighted by atomic mass is 9.94. The zero-order valence-electron chi connectivity index (χ0n) is 15.4. The van der Waals surface area contributed by atoms with Crippen LogP contribution in [0.1, 0.15) is 65.0 Å². The van der Waals surface area contributed by atoms with Crippen molar-refractivity contribution in [3.63, 3.8) is 0 Å². The fourth-order valence-electron chi connectivity index (χ4n) is 4.07. The Labute approximate surface area is 158 Å². The van der Waals surface area contributed by atoms with E-state index in [1.807, 2.05) is 6.07 Å². The third kappa shape index (κ3) is 4.33. The first-order valence-electron chi connectivity index (χ1n) is 9.83. The van der Waals surface area contributed by atoms with E-state index in [2.05, 4.69) is 20.6 Å². The molecule has 2 aliphatic rings. The number of amides is 1. The van der Waals surface area contributed by atoms with Gasteiger partial charge in [0.2, 0.25) is 5.95 Å². The molecule has 1 fully saturated rings. The number of pyridine rings is 2. The first-order chi connectivity index (χ1) is 13.2. The van der Waals surface area contributed by atoms with Gasteiger partial charge in [-0.2, -0.15) is 4.39 Å². The summed E-state index contributed by atoms with van der Waals surface area (Å²) in [4.78, 5) is 21.2. The lowest BCUT2D eigenvalue weighted by Gasteiger charge is -2.24. The van der Waals surface area contributed by atoms with Gasteiger partial charge in [-0.25, -0.2) is 9.97 Å². The molecule has 1 saturated carbocycles. The maximum absolute atomic E-state index is 13.1. The second-order valence-corrected chi connectivity index (χ2v) is 7.49. The van der Waals surface area contributed by atoms with E-state index in [0.717, 1.165) is 42.6 Å². The fourth-order valence-corrected chi connectivity index (χ4v) is 4.07. The van der Waals surface area contributed by atoms with Crippen LogP contribution in [-0.2, 0) is 19.4 Å². The zero-order valence-corrected chi connectivity index (χ0v) is 15.4. The van der Waals surface area contributed by atoms with E-state index in [9.17, 15) is 9.18 Å². The number of carbonyl (C=O) groups excluding carboxylic acids is 1. The van der Waals surface area contributed by atoms with Crippen molar-refractivity contribution in [1.82, 2.24) is 20.6 Å². The van der Waals surface area contributed by atoms with Gasteiger partial charge in [0.15, 0.2) is 0 Å². The molecule has 0 spiro atoms. The first-order valence-corrected chi connectivity index (χ1v) is 9.83. The fraction of sp³-hybridized carbons (Fsp3) is 0.476. The van der Waals surface area contributed by atoms with Crippen LogP contribution < -0.4 is 10.6 Å². The predicted octanol–water partition coefficient (Wildman–Crippen LogP) is 2.91. The highest BCUT2D eigenvalue weighted by Gasteiger charge is 2.21. The van der Waals surface area contributed by atoms with E-state index in [0.29, 0.717) is 18.7 Å². The molecular weight excluding hydrogens is 343 g/mol. The van der Waals surface area contributed by atoms with E-state index in [4.69, 9.17) is 0 Å². The number of rotatable bonds is 4. The van der Waals surface area contributed by atoms with Crippen LogP contribution in [-0.4, -0.2) is 28.5 Å². The number of carbonyl (C=O) groups is 1. The van der Waals surface area contributed by atoms with Crippen LogP contribution in [0.3, 0.4) is 0 Å². The number of fused-ring (bicyclic) bond motifs is 1. The van der Waals surface area contributed by atoms with Gasteiger partial charge in [-0.1, -0.05) is 25.3 Å². The molecule has 5 nitrogen and oxygen atoms in total. The van der Waals surface area contributed by atoms with Gasteiger partial charge in [0.25, 0.3) is 5.91 Å². The van der Waals surface area contributed by atoms with Crippen LogP contribution in [0.2, 0.25) is 0 Å². The molecule has 1 amide bonds. The van der Waals surface area contributed by atoms with Gasteiger partial charge in [0.05, 0.1) is 5.69 Å². The molecule has 2 N–H and O–H groups in total. The Morgan fingerprint density at radius 2 is 2.11 bits per heavy atom. The van der Waals surface area contributed by atoms with Crippen LogP contribution >= 0.6 is 0 Å². The van der Waals surface area contributed by atoms with Crippen molar-refractivity contribution >= 4 is 5.91 Å². The second-order valence-electron chi connectivity index (χ2n) is 7.49. The minimum Gasteiger partial charge on any atom is -0.348 e. The highest BCUT2D eigenvalue weighted by atomic mass is 19.1. The Kier molecular flexibility index (Phi) is 5.43. The van der Waals surface area contributed by atoms with Crippen LogP contribution in [0.25, 0.3) is 0 Å². The zero-order chi connectivity index (χ0) is 18.6. The highest BCUT2D eigenvalue weighted by molar-refractivity contribution is 5.92. The summed E-state index contributed by atoms with van der Waals surface area (Å²) in [6.07, 6.45) is 8.78. The number of hydrogen-bond donors (Lipinski definition) is 2. The summed E-state index contributed by atoms with van der Waals surface area (Å²) in [7, 11) is 0. The first kappa shape index (κ1) is 18.0. The molecule has 142 valence electrons. The molecule has 2 aromatic heterocycles. The van der Waals surface area contributed by atoms with E-state index in [-0.39, 0.29) is 11.9 Å². The topological polar surface area (TPSA) is 66.9 Å². The Morgan fingerprint density at radius 3 is 2.89 bits per heavy atom. The molecule has 0 saturated heterocycles. The molecule has 0 bridgehead atoms.